The molecule has 4 aromatic rings. The van der Waals surface area contributed by atoms with Crippen molar-refractivity contribution in [1.82, 2.24) is 25.1 Å². The average molecular weight is 512 g/mol. The molecule has 1 saturated carbocycles. The number of carbonyl (C=O) groups is 1. The van der Waals surface area contributed by atoms with Crippen molar-refractivity contribution in [3.8, 4) is 17.1 Å². The van der Waals surface area contributed by atoms with Crippen LogP contribution < -0.4 is 10.2 Å². The predicted molar refractivity (Wildman–Crippen MR) is 128 cm³/mol. The maximum Gasteiger partial charge on any atom is 0.422 e. The highest BCUT2D eigenvalue weighted by Crippen LogP contribution is 2.41. The lowest BCUT2D eigenvalue weighted by molar-refractivity contribution is -0.137. The molecule has 12 heteroatoms. The van der Waals surface area contributed by atoms with Gasteiger partial charge in [0.1, 0.15) is 11.1 Å². The van der Waals surface area contributed by atoms with Crippen molar-refractivity contribution in [2.75, 3.05) is 31.2 Å². The number of aryl methyl sites for hydroxylation is 1. The molecular weight excluding hydrogens is 489 g/mol. The molecule has 37 heavy (non-hydrogen) atoms. The van der Waals surface area contributed by atoms with Crippen LogP contribution in [0.4, 0.5) is 19.0 Å². The quantitative estimate of drug-likeness (QED) is 0.429. The lowest BCUT2D eigenvalue weighted by atomic mass is 10.1. The molecule has 0 unspecified atom stereocenters. The van der Waals surface area contributed by atoms with E-state index in [0.29, 0.717) is 26.3 Å². The summed E-state index contributed by atoms with van der Waals surface area (Å²) in [6.07, 6.45) is -0.178. The number of nitrogens with zero attached hydrogens (tertiary/aromatic N) is 5. The minimum absolute atomic E-state index is 0.0617. The van der Waals surface area contributed by atoms with Gasteiger partial charge in [0.2, 0.25) is 5.76 Å². The van der Waals surface area contributed by atoms with E-state index in [1.165, 1.54) is 4.68 Å². The minimum Gasteiger partial charge on any atom is -0.445 e. The molecular formula is C25H23F3N6O3. The largest absolute Gasteiger partial charge is 0.445 e. The third-order valence-corrected chi connectivity index (χ3v) is 6.36. The van der Waals surface area contributed by atoms with Gasteiger partial charge >= 0.3 is 6.18 Å². The number of amides is 1. The molecule has 6 rings (SSSR count). The first kappa shape index (κ1) is 23.5. The van der Waals surface area contributed by atoms with Crippen molar-refractivity contribution in [2.24, 2.45) is 0 Å². The number of carbonyl (C=O) groups excluding carboxylic acids is 1. The molecule has 2 fully saturated rings. The van der Waals surface area contributed by atoms with E-state index in [1.54, 1.807) is 17.3 Å². The molecule has 1 N–H and O–H groups in total. The van der Waals surface area contributed by atoms with Crippen LogP contribution in [0.3, 0.4) is 0 Å². The van der Waals surface area contributed by atoms with E-state index in [-0.39, 0.29) is 23.4 Å². The molecule has 1 aromatic carbocycles. The van der Waals surface area contributed by atoms with E-state index >= 15 is 0 Å². The summed E-state index contributed by atoms with van der Waals surface area (Å²) in [4.78, 5) is 23.3. The van der Waals surface area contributed by atoms with Crippen LogP contribution >= 0.6 is 0 Å². The average Bonchev–Trinajstić information content (AvgIpc) is 3.39. The van der Waals surface area contributed by atoms with Crippen LogP contribution in [0.15, 0.2) is 41.1 Å². The Hall–Kier alpha value is -3.93. The molecule has 0 radical (unpaired) electrons. The summed E-state index contributed by atoms with van der Waals surface area (Å²) in [5, 5.41) is 6.91. The maximum atomic E-state index is 14.3. The van der Waals surface area contributed by atoms with Crippen LogP contribution in [0.2, 0.25) is 0 Å². The topological polar surface area (TPSA) is 98.3 Å². The van der Waals surface area contributed by atoms with Gasteiger partial charge in [-0.3, -0.25) is 4.79 Å². The van der Waals surface area contributed by atoms with Crippen LogP contribution in [-0.2, 0) is 10.9 Å². The summed E-state index contributed by atoms with van der Waals surface area (Å²) >= 11 is 0. The Labute approximate surface area is 209 Å². The molecule has 1 saturated heterocycles. The Morgan fingerprint density at radius 3 is 2.62 bits per heavy atom. The number of nitrogens with one attached hydrogen (secondary N) is 1. The number of aromatic nitrogens is 4. The van der Waals surface area contributed by atoms with E-state index in [2.05, 4.69) is 20.4 Å². The molecule has 1 amide bonds. The normalized spacial score (nSPS) is 16.4. The summed E-state index contributed by atoms with van der Waals surface area (Å²) < 4.78 is 55.4. The summed E-state index contributed by atoms with van der Waals surface area (Å²) in [5.41, 5.74) is 0.831. The number of alkyl halides is 3. The first-order valence-corrected chi connectivity index (χ1v) is 12.0. The fourth-order valence-electron chi connectivity index (χ4n) is 4.35. The second-order valence-corrected chi connectivity index (χ2v) is 9.22. The fourth-order valence-corrected chi connectivity index (χ4v) is 4.35. The maximum absolute atomic E-state index is 14.3. The number of ether oxygens (including phenoxy) is 1. The van der Waals surface area contributed by atoms with Gasteiger partial charge in [0.05, 0.1) is 19.4 Å². The molecule has 0 bridgehead atoms. The highest BCUT2D eigenvalue weighted by Gasteiger charge is 2.44. The van der Waals surface area contributed by atoms with Crippen molar-refractivity contribution in [3.63, 3.8) is 0 Å². The van der Waals surface area contributed by atoms with Crippen LogP contribution in [0, 0.1) is 6.92 Å². The lowest BCUT2D eigenvalue weighted by Crippen LogP contribution is -2.37. The van der Waals surface area contributed by atoms with Crippen molar-refractivity contribution in [1.29, 1.82) is 0 Å². The standard InChI is InChI=1S/C25H23F3N6O3/c1-14-3-2-4-15(11-14)16-12-29-34(13-16)24-31-19-18(25(26,27)28)20(23(35)30-17-5-6-17)37-21(19)22(32-24)33-7-9-36-10-8-33/h2-4,11-13,17H,5-10H2,1H3,(H,30,35). The van der Waals surface area contributed by atoms with Gasteiger partial charge < -0.3 is 19.4 Å². The molecule has 192 valence electrons. The molecule has 4 heterocycles. The Morgan fingerprint density at radius 2 is 1.92 bits per heavy atom. The first-order chi connectivity index (χ1) is 17.8. The van der Waals surface area contributed by atoms with E-state index < -0.39 is 28.9 Å². The SMILES string of the molecule is Cc1cccc(-c2cnn(-c3nc(N4CCOCC4)c4oc(C(=O)NC5CC5)c(C(F)(F)F)c4n3)c2)c1. The van der Waals surface area contributed by atoms with E-state index in [4.69, 9.17) is 9.15 Å². The third kappa shape index (κ3) is 4.52. The summed E-state index contributed by atoms with van der Waals surface area (Å²) in [7, 11) is 0. The Kier molecular flexibility index (Phi) is 5.63. The molecule has 0 spiro atoms. The molecule has 3 aromatic heterocycles. The third-order valence-electron chi connectivity index (χ3n) is 6.36. The summed E-state index contributed by atoms with van der Waals surface area (Å²) in [6, 6.07) is 7.63. The van der Waals surface area contributed by atoms with Gasteiger partial charge in [-0.25, -0.2) is 9.67 Å². The first-order valence-electron chi connectivity index (χ1n) is 12.0. The van der Waals surface area contributed by atoms with Crippen LogP contribution in [-0.4, -0.2) is 58.0 Å². The molecule has 1 aliphatic carbocycles. The van der Waals surface area contributed by atoms with Gasteiger partial charge in [0, 0.05) is 30.9 Å². The van der Waals surface area contributed by atoms with Gasteiger partial charge in [0.15, 0.2) is 11.4 Å². The van der Waals surface area contributed by atoms with Gasteiger partial charge in [-0.05, 0) is 25.3 Å². The number of benzene rings is 1. The number of halogens is 3. The molecule has 2 aliphatic rings. The van der Waals surface area contributed by atoms with Gasteiger partial charge in [-0.2, -0.15) is 23.3 Å². The summed E-state index contributed by atoms with van der Waals surface area (Å²) in [6.45, 7) is 3.51. The highest BCUT2D eigenvalue weighted by molar-refractivity contribution is 6.01. The van der Waals surface area contributed by atoms with Crippen molar-refractivity contribution in [3.05, 3.63) is 53.5 Å². The Morgan fingerprint density at radius 1 is 1.14 bits per heavy atom. The Bertz CT molecular complexity index is 1480. The number of fused-ring (bicyclic) bond motifs is 1. The van der Waals surface area contributed by atoms with Crippen molar-refractivity contribution in [2.45, 2.75) is 32.0 Å². The van der Waals surface area contributed by atoms with E-state index in [9.17, 15) is 18.0 Å². The number of hydrogen-bond acceptors (Lipinski definition) is 7. The van der Waals surface area contributed by atoms with E-state index in [1.807, 2.05) is 31.2 Å². The molecule has 9 nitrogen and oxygen atoms in total. The van der Waals surface area contributed by atoms with E-state index in [0.717, 1.165) is 29.5 Å². The van der Waals surface area contributed by atoms with Crippen LogP contribution in [0.1, 0.15) is 34.5 Å². The van der Waals surface area contributed by atoms with Gasteiger partial charge in [0.25, 0.3) is 11.9 Å². The zero-order valence-electron chi connectivity index (χ0n) is 19.9. The zero-order valence-corrected chi connectivity index (χ0v) is 19.9. The second-order valence-electron chi connectivity index (χ2n) is 9.22. The number of morpholine rings is 1. The van der Waals surface area contributed by atoms with Crippen molar-refractivity contribution >= 4 is 22.8 Å². The monoisotopic (exact) mass is 512 g/mol. The summed E-state index contributed by atoms with van der Waals surface area (Å²) in [5.74, 6) is -1.63. The lowest BCUT2D eigenvalue weighted by Gasteiger charge is -2.27. The van der Waals surface area contributed by atoms with Crippen molar-refractivity contribution < 1.29 is 27.1 Å². The van der Waals surface area contributed by atoms with Crippen LogP contribution in [0.25, 0.3) is 28.2 Å². The number of anilines is 1. The van der Waals surface area contributed by atoms with Gasteiger partial charge in [-0.1, -0.05) is 29.8 Å². The van der Waals surface area contributed by atoms with Crippen LogP contribution in [0.5, 0.6) is 0 Å². The fraction of sp³-hybridized carbons (Fsp3) is 0.360. The number of rotatable bonds is 5. The predicted octanol–water partition coefficient (Wildman–Crippen LogP) is 4.13. The molecule has 0 atom stereocenters. The smallest absolute Gasteiger partial charge is 0.422 e. The molecule has 1 aliphatic heterocycles. The van der Waals surface area contributed by atoms with Gasteiger partial charge in [-0.15, -0.1) is 0 Å². The number of furan rings is 1. The zero-order chi connectivity index (χ0) is 25.7. The highest BCUT2D eigenvalue weighted by atomic mass is 19.4. The minimum atomic E-state index is -4.88. The Balaban J connectivity index is 1.52. The second kappa shape index (κ2) is 8.87. The number of hydrogen-bond donors (Lipinski definition) is 1.